The molecule has 2 aliphatic heterocycles. The summed E-state index contributed by atoms with van der Waals surface area (Å²) in [6, 6.07) is 3.36. The number of carbonyl (C=O) groups excluding carboxylic acids is 1. The summed E-state index contributed by atoms with van der Waals surface area (Å²) in [5, 5.41) is 7.57. The van der Waals surface area contributed by atoms with Crippen molar-refractivity contribution in [2.24, 2.45) is 0 Å². The van der Waals surface area contributed by atoms with Gasteiger partial charge in [-0.05, 0) is 38.5 Å². The van der Waals surface area contributed by atoms with Crippen LogP contribution >= 0.6 is 0 Å². The van der Waals surface area contributed by atoms with Gasteiger partial charge in [-0.25, -0.2) is 0 Å². The first-order chi connectivity index (χ1) is 9.70. The van der Waals surface area contributed by atoms with Crippen LogP contribution in [0, 0.1) is 0 Å². The molecule has 0 radical (unpaired) electrons. The van der Waals surface area contributed by atoms with Gasteiger partial charge in [-0.1, -0.05) is 5.16 Å². The van der Waals surface area contributed by atoms with Crippen LogP contribution in [-0.2, 0) is 0 Å². The van der Waals surface area contributed by atoms with Crippen LogP contribution in [-0.4, -0.2) is 41.1 Å². The van der Waals surface area contributed by atoms with Crippen molar-refractivity contribution in [3.63, 3.8) is 0 Å². The van der Waals surface area contributed by atoms with Gasteiger partial charge >= 0.3 is 0 Å². The first kappa shape index (κ1) is 12.4. The predicted molar refractivity (Wildman–Crippen MR) is 73.5 cm³/mol. The number of carbonyl (C=O) groups is 1. The highest BCUT2D eigenvalue weighted by Crippen LogP contribution is 2.40. The topological polar surface area (TPSA) is 58.4 Å². The monoisotopic (exact) mass is 275 g/mol. The van der Waals surface area contributed by atoms with E-state index in [0.717, 1.165) is 31.4 Å². The minimum absolute atomic E-state index is 0.00644. The summed E-state index contributed by atoms with van der Waals surface area (Å²) in [5.41, 5.74) is 0.472. The molecule has 2 bridgehead atoms. The van der Waals surface area contributed by atoms with Gasteiger partial charge in [-0.3, -0.25) is 4.79 Å². The van der Waals surface area contributed by atoms with Crippen molar-refractivity contribution in [2.45, 2.75) is 62.6 Å². The fourth-order valence-corrected chi connectivity index (χ4v) is 3.64. The van der Waals surface area contributed by atoms with E-state index in [4.69, 9.17) is 4.52 Å². The van der Waals surface area contributed by atoms with Crippen LogP contribution in [0.2, 0.25) is 0 Å². The number of hydrogen-bond donors (Lipinski definition) is 1. The molecule has 0 aromatic carbocycles. The molecule has 1 aromatic heterocycles. The van der Waals surface area contributed by atoms with Crippen molar-refractivity contribution in [1.82, 2.24) is 15.4 Å². The lowest BCUT2D eigenvalue weighted by Gasteiger charge is -2.35. The number of piperidine rings is 1. The summed E-state index contributed by atoms with van der Waals surface area (Å²) in [6.45, 7) is 0. The summed E-state index contributed by atoms with van der Waals surface area (Å²) >= 11 is 0. The fourth-order valence-electron chi connectivity index (χ4n) is 3.64. The van der Waals surface area contributed by atoms with Gasteiger partial charge in [0.2, 0.25) is 0 Å². The molecule has 4 rings (SSSR count). The molecule has 1 N–H and O–H groups in total. The predicted octanol–water partition coefficient (Wildman–Crippen LogP) is 1.91. The number of hydrogen-bond acceptors (Lipinski definition) is 4. The molecule has 2 saturated heterocycles. The lowest BCUT2D eigenvalue weighted by molar-refractivity contribution is 0.0671. The zero-order valence-corrected chi connectivity index (χ0v) is 11.8. The van der Waals surface area contributed by atoms with Crippen LogP contribution in [0.25, 0.3) is 0 Å². The fraction of sp³-hybridized carbons (Fsp3) is 0.733. The van der Waals surface area contributed by atoms with Gasteiger partial charge in [0, 0.05) is 37.2 Å². The Balaban J connectivity index is 1.46. The molecule has 1 unspecified atom stereocenters. The highest BCUT2D eigenvalue weighted by molar-refractivity contribution is 5.92. The maximum atomic E-state index is 12.5. The summed E-state index contributed by atoms with van der Waals surface area (Å²) in [7, 11) is 1.91. The van der Waals surface area contributed by atoms with Gasteiger partial charge in [-0.15, -0.1) is 0 Å². The van der Waals surface area contributed by atoms with Crippen molar-refractivity contribution in [2.75, 3.05) is 7.05 Å². The standard InChI is InChI=1S/C15H21N3O2/c1-18(12-6-10-4-5-11(7-12)16-10)15(19)13-8-14(20-17-13)9-2-3-9/h8-12,16H,2-7H2,1H3/t10-,11+,12?. The van der Waals surface area contributed by atoms with Gasteiger partial charge in [0.05, 0.1) is 0 Å². The number of fused-ring (bicyclic) bond motifs is 2. The zero-order chi connectivity index (χ0) is 13.7. The highest BCUT2D eigenvalue weighted by Gasteiger charge is 2.37. The van der Waals surface area contributed by atoms with E-state index in [9.17, 15) is 4.79 Å². The van der Waals surface area contributed by atoms with E-state index in [0.29, 0.717) is 29.7 Å². The molecule has 3 heterocycles. The van der Waals surface area contributed by atoms with Crippen molar-refractivity contribution < 1.29 is 9.32 Å². The van der Waals surface area contributed by atoms with Crippen LogP contribution < -0.4 is 5.32 Å². The molecule has 108 valence electrons. The van der Waals surface area contributed by atoms with E-state index in [2.05, 4.69) is 10.5 Å². The summed E-state index contributed by atoms with van der Waals surface area (Å²) in [6.07, 6.45) is 6.95. The van der Waals surface area contributed by atoms with Crippen molar-refractivity contribution in [3.05, 3.63) is 17.5 Å². The smallest absolute Gasteiger partial charge is 0.276 e. The van der Waals surface area contributed by atoms with Gasteiger partial charge in [0.1, 0.15) is 5.76 Å². The molecule has 5 heteroatoms. The quantitative estimate of drug-likeness (QED) is 0.915. The molecule has 1 saturated carbocycles. The third kappa shape index (κ3) is 2.14. The Labute approximate surface area is 118 Å². The zero-order valence-electron chi connectivity index (χ0n) is 11.8. The van der Waals surface area contributed by atoms with Crippen LogP contribution in [0.15, 0.2) is 10.6 Å². The average molecular weight is 275 g/mol. The summed E-state index contributed by atoms with van der Waals surface area (Å²) < 4.78 is 5.29. The number of amides is 1. The van der Waals surface area contributed by atoms with E-state index < -0.39 is 0 Å². The number of rotatable bonds is 3. The second-order valence-corrected chi connectivity index (χ2v) is 6.57. The van der Waals surface area contributed by atoms with Crippen LogP contribution in [0.1, 0.15) is 60.7 Å². The van der Waals surface area contributed by atoms with Crippen molar-refractivity contribution in [1.29, 1.82) is 0 Å². The van der Waals surface area contributed by atoms with E-state index >= 15 is 0 Å². The maximum Gasteiger partial charge on any atom is 0.276 e. The normalized spacial score (nSPS) is 32.4. The van der Waals surface area contributed by atoms with Crippen molar-refractivity contribution in [3.8, 4) is 0 Å². The van der Waals surface area contributed by atoms with Gasteiger partial charge < -0.3 is 14.7 Å². The number of aromatic nitrogens is 1. The molecular formula is C15H21N3O2. The molecule has 0 spiro atoms. The lowest BCUT2D eigenvalue weighted by atomic mass is 9.98. The molecule has 1 aromatic rings. The third-order valence-electron chi connectivity index (χ3n) is 5.04. The van der Waals surface area contributed by atoms with Crippen molar-refractivity contribution >= 4 is 5.91 Å². The van der Waals surface area contributed by atoms with Crippen LogP contribution in [0.4, 0.5) is 0 Å². The SMILES string of the molecule is CN(C(=O)c1cc(C2CC2)on1)C1C[C@H]2CC[C@@H](C1)N2. The molecule has 1 aliphatic carbocycles. The highest BCUT2D eigenvalue weighted by atomic mass is 16.5. The van der Waals surface area contributed by atoms with Crippen LogP contribution in [0.3, 0.4) is 0 Å². The van der Waals surface area contributed by atoms with Gasteiger partial charge in [-0.2, -0.15) is 0 Å². The van der Waals surface area contributed by atoms with E-state index in [1.165, 1.54) is 12.8 Å². The lowest BCUT2D eigenvalue weighted by Crippen LogP contribution is -2.48. The first-order valence-electron chi connectivity index (χ1n) is 7.70. The molecule has 3 fully saturated rings. The van der Waals surface area contributed by atoms with E-state index in [1.807, 2.05) is 18.0 Å². The van der Waals surface area contributed by atoms with Gasteiger partial charge in [0.25, 0.3) is 5.91 Å². The van der Waals surface area contributed by atoms with Gasteiger partial charge in [0.15, 0.2) is 5.69 Å². The van der Waals surface area contributed by atoms with Crippen LogP contribution in [0.5, 0.6) is 0 Å². The first-order valence-corrected chi connectivity index (χ1v) is 7.70. The molecule has 1 amide bonds. The maximum absolute atomic E-state index is 12.5. The Morgan fingerprint density at radius 2 is 2.00 bits per heavy atom. The summed E-state index contributed by atoms with van der Waals surface area (Å²) in [5.74, 6) is 1.39. The second kappa shape index (κ2) is 4.58. The molecule has 5 nitrogen and oxygen atoms in total. The summed E-state index contributed by atoms with van der Waals surface area (Å²) in [4.78, 5) is 14.4. The number of nitrogens with one attached hydrogen (secondary N) is 1. The molecule has 3 aliphatic rings. The largest absolute Gasteiger partial charge is 0.360 e. The Morgan fingerprint density at radius 1 is 1.30 bits per heavy atom. The third-order valence-corrected chi connectivity index (χ3v) is 5.04. The van der Waals surface area contributed by atoms with E-state index in [-0.39, 0.29) is 5.91 Å². The van der Waals surface area contributed by atoms with E-state index in [1.54, 1.807) is 0 Å². The Morgan fingerprint density at radius 3 is 2.65 bits per heavy atom. The number of nitrogens with zero attached hydrogens (tertiary/aromatic N) is 2. The Hall–Kier alpha value is -1.36. The minimum Gasteiger partial charge on any atom is -0.360 e. The molecule has 3 atom stereocenters. The molecular weight excluding hydrogens is 254 g/mol. The minimum atomic E-state index is 0.00644. The Bertz CT molecular complexity index is 511. The Kier molecular flexibility index (Phi) is 2.84. The average Bonchev–Trinajstić information content (AvgIpc) is 3.11. The molecule has 20 heavy (non-hydrogen) atoms. The second-order valence-electron chi connectivity index (χ2n) is 6.57.